The summed E-state index contributed by atoms with van der Waals surface area (Å²) in [5.41, 5.74) is 18.7. The average Bonchev–Trinajstić information content (AvgIpc) is 3.37. The van der Waals surface area contributed by atoms with Crippen LogP contribution in [0.2, 0.25) is 0 Å². The molecule has 346 valence electrons. The molecule has 0 nitrogen and oxygen atoms in total. The van der Waals surface area contributed by atoms with Crippen LogP contribution >= 0.6 is 0 Å². The highest BCUT2D eigenvalue weighted by molar-refractivity contribution is 5.86. The Bertz CT molecular complexity index is 2400. The molecule has 0 saturated heterocycles. The molecule has 66 heavy (non-hydrogen) atoms. The number of hydrogen-bond acceptors (Lipinski definition) is 0. The molecule has 7 unspecified atom stereocenters. The fourth-order valence-electron chi connectivity index (χ4n) is 13.7. The Morgan fingerprint density at radius 1 is 0.500 bits per heavy atom. The zero-order chi connectivity index (χ0) is 45.6. The molecule has 4 aliphatic rings. The molecule has 0 heterocycles. The minimum Gasteiger partial charge on any atom is -0.0801 e. The topological polar surface area (TPSA) is 0 Å². The first-order valence-electron chi connectivity index (χ1n) is 27.2. The third-order valence-electron chi connectivity index (χ3n) is 17.7. The maximum absolute atomic E-state index is 2.73. The lowest BCUT2D eigenvalue weighted by Gasteiger charge is -2.48. The minimum atomic E-state index is 0.377. The van der Waals surface area contributed by atoms with Crippen molar-refractivity contribution in [3.8, 4) is 33.4 Å². The lowest BCUT2D eigenvalue weighted by molar-refractivity contribution is 0.0756. The summed E-state index contributed by atoms with van der Waals surface area (Å²) in [5.74, 6) is 6.51. The van der Waals surface area contributed by atoms with Gasteiger partial charge >= 0.3 is 0 Å². The predicted molar refractivity (Wildman–Crippen MR) is 285 cm³/mol. The maximum Gasteiger partial charge on any atom is 0.00620 e. The van der Waals surface area contributed by atoms with Gasteiger partial charge in [-0.3, -0.25) is 0 Å². The van der Waals surface area contributed by atoms with Crippen LogP contribution in [0, 0.1) is 42.4 Å². The molecule has 0 spiro atoms. The van der Waals surface area contributed by atoms with E-state index in [0.29, 0.717) is 23.7 Å². The van der Waals surface area contributed by atoms with E-state index in [1.54, 1.807) is 11.1 Å². The summed E-state index contributed by atoms with van der Waals surface area (Å²) in [7, 11) is 0. The van der Waals surface area contributed by atoms with Crippen molar-refractivity contribution in [1.29, 1.82) is 0 Å². The van der Waals surface area contributed by atoms with Crippen molar-refractivity contribution in [1.82, 2.24) is 0 Å². The molecule has 0 amide bonds. The van der Waals surface area contributed by atoms with Gasteiger partial charge in [-0.1, -0.05) is 206 Å². The molecule has 0 N–H and O–H groups in total. The van der Waals surface area contributed by atoms with Crippen molar-refractivity contribution in [2.45, 2.75) is 168 Å². The quantitative estimate of drug-likeness (QED) is 0.104. The Labute approximate surface area is 401 Å². The van der Waals surface area contributed by atoms with E-state index in [9.17, 15) is 0 Å². The molecule has 0 heteroatoms. The van der Waals surface area contributed by atoms with E-state index in [0.717, 1.165) is 48.9 Å². The summed E-state index contributed by atoms with van der Waals surface area (Å²) in [4.78, 5) is 0. The van der Waals surface area contributed by atoms with Gasteiger partial charge in [0.1, 0.15) is 0 Å². The molecular weight excluding hydrogens is 793 g/mol. The zero-order valence-corrected chi connectivity index (χ0v) is 41.8. The van der Waals surface area contributed by atoms with Crippen LogP contribution in [-0.4, -0.2) is 0 Å². The van der Waals surface area contributed by atoms with Gasteiger partial charge in [0.05, 0.1) is 0 Å². The van der Waals surface area contributed by atoms with Gasteiger partial charge in [-0.15, -0.1) is 0 Å². The van der Waals surface area contributed by atoms with Crippen LogP contribution in [0.15, 0.2) is 133 Å². The lowest BCUT2D eigenvalue weighted by atomic mass is 9.57. The van der Waals surface area contributed by atoms with E-state index >= 15 is 0 Å². The summed E-state index contributed by atoms with van der Waals surface area (Å²) in [6.07, 6.45) is 30.3. The third-order valence-corrected chi connectivity index (χ3v) is 17.7. The van der Waals surface area contributed by atoms with Gasteiger partial charge in [-0.05, 0) is 192 Å². The second-order valence-electron chi connectivity index (χ2n) is 22.0. The molecule has 3 fully saturated rings. The van der Waals surface area contributed by atoms with Crippen LogP contribution in [0.3, 0.4) is 0 Å². The van der Waals surface area contributed by atoms with Crippen molar-refractivity contribution in [3.63, 3.8) is 0 Å². The fraction of sp³-hybridized carbons (Fsp3) is 0.485. The van der Waals surface area contributed by atoms with Gasteiger partial charge in [-0.25, -0.2) is 0 Å². The molecule has 0 radical (unpaired) electrons. The molecule has 0 bridgehead atoms. The number of benzene rings is 5. The zero-order valence-electron chi connectivity index (χ0n) is 41.8. The van der Waals surface area contributed by atoms with Gasteiger partial charge in [0.25, 0.3) is 0 Å². The highest BCUT2D eigenvalue weighted by Gasteiger charge is 2.43. The van der Waals surface area contributed by atoms with E-state index in [1.807, 2.05) is 0 Å². The average molecular weight is 875 g/mol. The second-order valence-corrected chi connectivity index (χ2v) is 22.0. The first kappa shape index (κ1) is 46.7. The third kappa shape index (κ3) is 10.5. The molecule has 5 aromatic carbocycles. The molecule has 5 aromatic rings. The number of allylic oxidation sites excluding steroid dienone is 4. The monoisotopic (exact) mass is 875 g/mol. The van der Waals surface area contributed by atoms with Gasteiger partial charge in [-0.2, -0.15) is 0 Å². The van der Waals surface area contributed by atoms with Crippen molar-refractivity contribution in [2.24, 2.45) is 35.5 Å². The maximum atomic E-state index is 2.73. The number of hydrogen-bond donors (Lipinski definition) is 0. The largest absolute Gasteiger partial charge is 0.0801 e. The summed E-state index contributed by atoms with van der Waals surface area (Å²) in [6, 6.07) is 43.6. The van der Waals surface area contributed by atoms with E-state index in [2.05, 4.69) is 169 Å². The van der Waals surface area contributed by atoms with E-state index in [-0.39, 0.29) is 0 Å². The predicted octanol–water partition coefficient (Wildman–Crippen LogP) is 19.2. The smallest absolute Gasteiger partial charge is 0.00620 e. The fourth-order valence-corrected chi connectivity index (χ4v) is 13.7. The van der Waals surface area contributed by atoms with Gasteiger partial charge < -0.3 is 0 Å². The van der Waals surface area contributed by atoms with Gasteiger partial charge in [0.2, 0.25) is 0 Å². The molecule has 9 rings (SSSR count). The van der Waals surface area contributed by atoms with Crippen LogP contribution in [-0.2, 0) is 12.8 Å². The van der Waals surface area contributed by atoms with E-state index in [1.165, 1.54) is 151 Å². The summed E-state index contributed by atoms with van der Waals surface area (Å²) in [5, 5.41) is 0. The van der Waals surface area contributed by atoms with E-state index in [4.69, 9.17) is 0 Å². The first-order valence-corrected chi connectivity index (χ1v) is 27.2. The van der Waals surface area contributed by atoms with Gasteiger partial charge in [0.15, 0.2) is 0 Å². The Morgan fingerprint density at radius 2 is 1.06 bits per heavy atom. The Kier molecular flexibility index (Phi) is 15.3. The van der Waals surface area contributed by atoms with Crippen molar-refractivity contribution < 1.29 is 0 Å². The molecular formula is C66H82. The standard InChI is InChI=1S/C66H82/c1-7-11-49-19-39-61(56-31-27-54(28-32-56)52-23-15-46(6)16-24-52)65(43-49)66-44-50(12-8-2)20-40-62(66)58-35-33-57(34-36-58)60-38-18-48(10-4)42-64(60)63-41-47(9-3)17-37-59(63)55-29-25-53(26-30-55)51-21-13-45(5)14-22-51/h15-18,23-33,35-38,41-42,45,49-51,57,61-62,65-66H,7-14,19-22,34,39-40,43-44H2,1-6H3. The molecule has 7 atom stereocenters. The molecule has 0 aliphatic heterocycles. The van der Waals surface area contributed by atoms with Crippen molar-refractivity contribution in [3.05, 3.63) is 166 Å². The first-order chi connectivity index (χ1) is 32.3. The van der Waals surface area contributed by atoms with Crippen molar-refractivity contribution in [2.75, 3.05) is 0 Å². The van der Waals surface area contributed by atoms with Crippen LogP contribution in [0.1, 0.15) is 182 Å². The highest BCUT2D eigenvalue weighted by Crippen LogP contribution is 2.54. The number of aryl methyl sites for hydroxylation is 3. The summed E-state index contributed by atoms with van der Waals surface area (Å²) < 4.78 is 0. The van der Waals surface area contributed by atoms with Crippen molar-refractivity contribution >= 4 is 0 Å². The lowest BCUT2D eigenvalue weighted by Crippen LogP contribution is -2.38. The number of rotatable bonds is 14. The molecule has 3 saturated carbocycles. The van der Waals surface area contributed by atoms with Gasteiger partial charge in [0, 0.05) is 5.92 Å². The Balaban J connectivity index is 1.01. The Hall–Kier alpha value is -4.42. The molecule has 0 aromatic heterocycles. The van der Waals surface area contributed by atoms with Crippen LogP contribution in [0.25, 0.3) is 33.4 Å². The van der Waals surface area contributed by atoms with E-state index < -0.39 is 0 Å². The normalized spacial score (nSPS) is 26.8. The SMILES string of the molecule is CCCC1CCC(C2=CCC(c3ccc(CC)cc3-c3cc(CC)ccc3-c3ccc(C4CCC(C)CC4)cc3)C=C2)C(C2CC(CCC)CCC2c2ccc(-c3ccc(C)cc3)cc2)C1. The highest BCUT2D eigenvalue weighted by atomic mass is 14.5. The van der Waals surface area contributed by atoms with Crippen LogP contribution in [0.4, 0.5) is 0 Å². The second kappa shape index (κ2) is 21.7. The summed E-state index contributed by atoms with van der Waals surface area (Å²) >= 11 is 0. The van der Waals surface area contributed by atoms with Crippen LogP contribution in [0.5, 0.6) is 0 Å². The van der Waals surface area contributed by atoms with Crippen LogP contribution < -0.4 is 0 Å². The Morgan fingerprint density at radius 3 is 1.67 bits per heavy atom. The summed E-state index contributed by atoms with van der Waals surface area (Å²) in [6.45, 7) is 14.1. The minimum absolute atomic E-state index is 0.377. The molecule has 4 aliphatic carbocycles.